The molecule has 5 rings (SSSR count). The minimum absolute atomic E-state index is 0.0315. The molecule has 1 aliphatic carbocycles. The molecule has 0 bridgehead atoms. The highest BCUT2D eigenvalue weighted by Gasteiger charge is 2.27. The first-order chi connectivity index (χ1) is 17.0. The van der Waals surface area contributed by atoms with E-state index < -0.39 is 0 Å². The van der Waals surface area contributed by atoms with Crippen LogP contribution in [0.1, 0.15) is 51.7 Å². The number of carbonyl (C=O) groups excluding carboxylic acids is 2. The summed E-state index contributed by atoms with van der Waals surface area (Å²) in [5.41, 5.74) is 4.49. The Labute approximate surface area is 207 Å². The lowest BCUT2D eigenvalue weighted by atomic mass is 9.82. The van der Waals surface area contributed by atoms with Crippen molar-refractivity contribution in [2.24, 2.45) is 0 Å². The first kappa shape index (κ1) is 22.9. The minimum atomic E-state index is -0.305. The molecule has 3 N–H and O–H groups in total. The number of benzene rings is 2. The molecule has 0 spiro atoms. The summed E-state index contributed by atoms with van der Waals surface area (Å²) in [5.74, 6) is 0.0713. The zero-order chi connectivity index (χ0) is 24.4. The maximum atomic E-state index is 13.1. The number of nitrogens with zero attached hydrogens (tertiary/aromatic N) is 2. The lowest BCUT2D eigenvalue weighted by molar-refractivity contribution is 0.103. The predicted molar refractivity (Wildman–Crippen MR) is 137 cm³/mol. The molecule has 1 saturated carbocycles. The molecular formula is C27H26N4O3S. The van der Waals surface area contributed by atoms with Crippen molar-refractivity contribution in [3.63, 3.8) is 0 Å². The number of aromatic nitrogens is 2. The van der Waals surface area contributed by atoms with Crippen molar-refractivity contribution < 1.29 is 14.7 Å². The molecule has 0 aliphatic heterocycles. The van der Waals surface area contributed by atoms with E-state index in [9.17, 15) is 14.7 Å². The largest absolute Gasteiger partial charge is 0.507 e. The van der Waals surface area contributed by atoms with Gasteiger partial charge in [-0.15, -0.1) is 11.3 Å². The van der Waals surface area contributed by atoms with Gasteiger partial charge in [0.25, 0.3) is 5.91 Å². The molecule has 8 heteroatoms. The van der Waals surface area contributed by atoms with Gasteiger partial charge in [0.05, 0.1) is 16.3 Å². The number of thiophene rings is 1. The average molecular weight is 487 g/mol. The van der Waals surface area contributed by atoms with E-state index in [1.165, 1.54) is 22.1 Å². The van der Waals surface area contributed by atoms with Gasteiger partial charge in [0.15, 0.2) is 0 Å². The molecule has 2 heterocycles. The standard InChI is InChI=1S/C27H26N4O3S/c1-17-7-9-18(10-8-17)16-28-27(34)31-23(19-4-2-5-19)15-22(30-31)21-14-20(11-12-24(21)32)29-26(33)25-6-3-13-35-25/h3,6-15,19,32H,2,4-5,16H2,1H3,(H,28,34)(H,29,33). The molecule has 0 radical (unpaired) electrons. The lowest BCUT2D eigenvalue weighted by Crippen LogP contribution is -2.31. The summed E-state index contributed by atoms with van der Waals surface area (Å²) in [5, 5.41) is 22.8. The SMILES string of the molecule is Cc1ccc(CNC(=O)n2nc(-c3cc(NC(=O)c4cccs4)ccc3O)cc2C2CCC2)cc1. The van der Waals surface area contributed by atoms with E-state index in [-0.39, 0.29) is 23.6 Å². The summed E-state index contributed by atoms with van der Waals surface area (Å²) in [4.78, 5) is 26.2. The molecule has 2 amide bonds. The van der Waals surface area contributed by atoms with Crippen LogP contribution in [0, 0.1) is 6.92 Å². The van der Waals surface area contributed by atoms with Crippen LogP contribution in [0.2, 0.25) is 0 Å². The van der Waals surface area contributed by atoms with E-state index in [4.69, 9.17) is 0 Å². The number of aromatic hydroxyl groups is 1. The fourth-order valence-corrected chi connectivity index (χ4v) is 4.68. The highest BCUT2D eigenvalue weighted by Crippen LogP contribution is 2.39. The quantitative estimate of drug-likeness (QED) is 0.296. The van der Waals surface area contributed by atoms with Gasteiger partial charge in [-0.25, -0.2) is 4.79 Å². The fraction of sp³-hybridized carbons (Fsp3) is 0.222. The zero-order valence-corrected chi connectivity index (χ0v) is 20.1. The molecule has 7 nitrogen and oxygen atoms in total. The number of anilines is 1. The Morgan fingerprint density at radius 3 is 2.60 bits per heavy atom. The van der Waals surface area contributed by atoms with Crippen molar-refractivity contribution in [1.29, 1.82) is 0 Å². The highest BCUT2D eigenvalue weighted by molar-refractivity contribution is 7.12. The Morgan fingerprint density at radius 2 is 1.91 bits per heavy atom. The number of hydrogen-bond acceptors (Lipinski definition) is 5. The molecular weight excluding hydrogens is 460 g/mol. The summed E-state index contributed by atoms with van der Waals surface area (Å²) in [6.45, 7) is 2.42. The Kier molecular flexibility index (Phi) is 6.37. The van der Waals surface area contributed by atoms with Gasteiger partial charge in [-0.05, 0) is 61.0 Å². The van der Waals surface area contributed by atoms with Gasteiger partial charge in [-0.3, -0.25) is 4.79 Å². The Bertz CT molecular complexity index is 1360. The zero-order valence-electron chi connectivity index (χ0n) is 19.3. The molecule has 0 atom stereocenters. The van der Waals surface area contributed by atoms with E-state index in [0.717, 1.165) is 36.1 Å². The Hall–Kier alpha value is -3.91. The number of amides is 2. The van der Waals surface area contributed by atoms with Crippen LogP contribution in [0.3, 0.4) is 0 Å². The molecule has 0 unspecified atom stereocenters. The molecule has 4 aromatic rings. The third-order valence-electron chi connectivity index (χ3n) is 6.29. The van der Waals surface area contributed by atoms with Gasteiger partial charge in [0, 0.05) is 23.7 Å². The topological polar surface area (TPSA) is 96.3 Å². The van der Waals surface area contributed by atoms with Crippen LogP contribution in [0.25, 0.3) is 11.3 Å². The van der Waals surface area contributed by atoms with Gasteiger partial charge in [-0.2, -0.15) is 9.78 Å². The van der Waals surface area contributed by atoms with Crippen molar-refractivity contribution in [1.82, 2.24) is 15.1 Å². The molecule has 35 heavy (non-hydrogen) atoms. The lowest BCUT2D eigenvalue weighted by Gasteiger charge is -2.25. The molecule has 2 aromatic heterocycles. The van der Waals surface area contributed by atoms with Gasteiger partial charge in [0.1, 0.15) is 5.75 Å². The number of nitrogens with one attached hydrogen (secondary N) is 2. The Balaban J connectivity index is 1.40. The number of carbonyl (C=O) groups is 2. The Morgan fingerprint density at radius 1 is 1.11 bits per heavy atom. The summed E-state index contributed by atoms with van der Waals surface area (Å²) >= 11 is 1.36. The summed E-state index contributed by atoms with van der Waals surface area (Å²) in [6.07, 6.45) is 3.12. The van der Waals surface area contributed by atoms with Crippen LogP contribution in [0.5, 0.6) is 5.75 Å². The molecule has 1 aliphatic rings. The van der Waals surface area contributed by atoms with E-state index in [1.54, 1.807) is 18.2 Å². The molecule has 178 valence electrons. The van der Waals surface area contributed by atoms with Gasteiger partial charge < -0.3 is 15.7 Å². The second-order valence-electron chi connectivity index (χ2n) is 8.80. The first-order valence-corrected chi connectivity index (χ1v) is 12.5. The number of hydrogen-bond donors (Lipinski definition) is 3. The second kappa shape index (κ2) is 9.76. The van der Waals surface area contributed by atoms with Crippen molar-refractivity contribution in [2.75, 3.05) is 5.32 Å². The number of aryl methyl sites for hydroxylation is 1. The summed E-state index contributed by atoms with van der Waals surface area (Å²) < 4.78 is 1.42. The normalized spacial score (nSPS) is 13.3. The van der Waals surface area contributed by atoms with Crippen LogP contribution >= 0.6 is 11.3 Å². The average Bonchev–Trinajstić information content (AvgIpc) is 3.50. The first-order valence-electron chi connectivity index (χ1n) is 11.6. The van der Waals surface area contributed by atoms with Crippen molar-refractivity contribution in [3.8, 4) is 17.0 Å². The second-order valence-corrected chi connectivity index (χ2v) is 9.75. The van der Waals surface area contributed by atoms with Gasteiger partial charge >= 0.3 is 6.03 Å². The van der Waals surface area contributed by atoms with Crippen molar-refractivity contribution >= 4 is 29.0 Å². The van der Waals surface area contributed by atoms with E-state index in [2.05, 4.69) is 15.7 Å². The maximum Gasteiger partial charge on any atom is 0.342 e. The summed E-state index contributed by atoms with van der Waals surface area (Å²) in [7, 11) is 0. The van der Waals surface area contributed by atoms with Crippen LogP contribution in [0.15, 0.2) is 66.0 Å². The maximum absolute atomic E-state index is 13.1. The molecule has 1 fully saturated rings. The third-order valence-corrected chi connectivity index (χ3v) is 7.16. The third kappa shape index (κ3) is 4.97. The number of phenolic OH excluding ortho intramolecular Hbond substituents is 1. The van der Waals surface area contributed by atoms with Crippen molar-refractivity contribution in [3.05, 3.63) is 87.7 Å². The van der Waals surface area contributed by atoms with Crippen LogP contribution in [-0.4, -0.2) is 26.8 Å². The number of phenols is 1. The van der Waals surface area contributed by atoms with E-state index in [1.807, 2.05) is 48.7 Å². The highest BCUT2D eigenvalue weighted by atomic mass is 32.1. The monoisotopic (exact) mass is 486 g/mol. The smallest absolute Gasteiger partial charge is 0.342 e. The minimum Gasteiger partial charge on any atom is -0.507 e. The molecule has 0 saturated heterocycles. The van der Waals surface area contributed by atoms with E-state index in [0.29, 0.717) is 28.4 Å². The number of rotatable bonds is 6. The summed E-state index contributed by atoms with van der Waals surface area (Å²) in [6, 6.07) is 18.0. The van der Waals surface area contributed by atoms with Crippen LogP contribution in [0.4, 0.5) is 10.5 Å². The van der Waals surface area contributed by atoms with Gasteiger partial charge in [-0.1, -0.05) is 42.3 Å². The predicted octanol–water partition coefficient (Wildman–Crippen LogP) is 5.90. The van der Waals surface area contributed by atoms with Crippen molar-refractivity contribution in [2.45, 2.75) is 38.6 Å². The van der Waals surface area contributed by atoms with E-state index >= 15 is 0 Å². The van der Waals surface area contributed by atoms with Crippen LogP contribution < -0.4 is 10.6 Å². The van der Waals surface area contributed by atoms with Gasteiger partial charge in [0.2, 0.25) is 0 Å². The fourth-order valence-electron chi connectivity index (χ4n) is 4.06. The molecule has 2 aromatic carbocycles. The van der Waals surface area contributed by atoms with Crippen LogP contribution in [-0.2, 0) is 6.54 Å².